The highest BCUT2D eigenvalue weighted by molar-refractivity contribution is 7.14. The van der Waals surface area contributed by atoms with Crippen molar-refractivity contribution in [2.75, 3.05) is 0 Å². The Hall–Kier alpha value is -2.15. The van der Waals surface area contributed by atoms with Crippen LogP contribution in [0.15, 0.2) is 18.5 Å². The summed E-state index contributed by atoms with van der Waals surface area (Å²) in [6, 6.07) is 1.92. The van der Waals surface area contributed by atoms with Crippen molar-refractivity contribution in [1.29, 1.82) is 0 Å². The summed E-state index contributed by atoms with van der Waals surface area (Å²) < 4.78 is 1.53. The zero-order valence-corrected chi connectivity index (χ0v) is 11.8. The molecule has 0 bridgehead atoms. The molecule has 3 rings (SSSR count). The summed E-state index contributed by atoms with van der Waals surface area (Å²) in [6.45, 7) is 0. The fourth-order valence-corrected chi connectivity index (χ4v) is 3.38. The summed E-state index contributed by atoms with van der Waals surface area (Å²) in [5.74, 6) is -0.655. The molecule has 0 fully saturated rings. The van der Waals surface area contributed by atoms with Gasteiger partial charge in [-0.2, -0.15) is 5.10 Å². The first kappa shape index (κ1) is 12.9. The number of hydrogen-bond acceptors (Lipinski definition) is 4. The van der Waals surface area contributed by atoms with Crippen LogP contribution in [0, 0.1) is 0 Å². The van der Waals surface area contributed by atoms with Crippen LogP contribution >= 0.6 is 11.3 Å². The van der Waals surface area contributed by atoms with E-state index in [1.54, 1.807) is 13.2 Å². The molecule has 2 N–H and O–H groups in total. The van der Waals surface area contributed by atoms with Gasteiger partial charge in [0.2, 0.25) is 0 Å². The fourth-order valence-electron chi connectivity index (χ4n) is 2.23. The number of thiophene rings is 1. The normalized spacial score (nSPS) is 13.1. The molecule has 0 saturated carbocycles. The van der Waals surface area contributed by atoms with Crippen LogP contribution in [0.2, 0.25) is 0 Å². The second-order valence-electron chi connectivity index (χ2n) is 4.72. The molecule has 2 heterocycles. The maximum Gasteiger partial charge on any atom is 0.279 e. The third-order valence-corrected chi connectivity index (χ3v) is 4.46. The van der Waals surface area contributed by atoms with E-state index >= 15 is 0 Å². The molecule has 0 aromatic carbocycles. The summed E-state index contributed by atoms with van der Waals surface area (Å²) in [4.78, 5) is 25.6. The second kappa shape index (κ2) is 5.09. The first-order valence-corrected chi connectivity index (χ1v) is 7.16. The number of aromatic nitrogens is 2. The summed E-state index contributed by atoms with van der Waals surface area (Å²) in [5, 5.41) is 3.90. The van der Waals surface area contributed by atoms with E-state index in [0.717, 1.165) is 12.8 Å². The molecule has 20 heavy (non-hydrogen) atoms. The van der Waals surface area contributed by atoms with E-state index in [-0.39, 0.29) is 11.8 Å². The number of hydrazine groups is 1. The lowest BCUT2D eigenvalue weighted by molar-refractivity contribution is 0.0849. The minimum absolute atomic E-state index is 0.276. The average molecular weight is 290 g/mol. The van der Waals surface area contributed by atoms with E-state index in [2.05, 4.69) is 16.0 Å². The number of carbonyl (C=O) groups excluding carboxylic acids is 2. The third-order valence-electron chi connectivity index (χ3n) is 3.23. The number of hydrogen-bond donors (Lipinski definition) is 2. The Bertz CT molecular complexity index is 652. The quantitative estimate of drug-likeness (QED) is 0.812. The van der Waals surface area contributed by atoms with Crippen molar-refractivity contribution in [1.82, 2.24) is 20.6 Å². The number of carbonyl (C=O) groups is 2. The lowest BCUT2D eigenvalue weighted by atomic mass is 10.2. The molecule has 2 aromatic rings. The summed E-state index contributed by atoms with van der Waals surface area (Å²) in [6.07, 6.45) is 6.29. The van der Waals surface area contributed by atoms with E-state index in [1.807, 2.05) is 6.07 Å². The highest BCUT2D eigenvalue weighted by Crippen LogP contribution is 2.30. The molecule has 2 aromatic heterocycles. The monoisotopic (exact) mass is 290 g/mol. The van der Waals surface area contributed by atoms with Gasteiger partial charge in [-0.05, 0) is 30.9 Å². The Morgan fingerprint density at radius 3 is 2.80 bits per heavy atom. The number of fused-ring (bicyclic) bond motifs is 1. The van der Waals surface area contributed by atoms with Crippen LogP contribution in [0.4, 0.5) is 0 Å². The molecular formula is C13H14N4O2S. The Labute approximate surface area is 119 Å². The Kier molecular flexibility index (Phi) is 3.27. The lowest BCUT2D eigenvalue weighted by Gasteiger charge is -2.04. The van der Waals surface area contributed by atoms with Crippen molar-refractivity contribution >= 4 is 23.2 Å². The molecule has 6 nitrogen and oxygen atoms in total. The molecule has 0 unspecified atom stereocenters. The van der Waals surface area contributed by atoms with Crippen LogP contribution in [0.3, 0.4) is 0 Å². The summed E-state index contributed by atoms with van der Waals surface area (Å²) >= 11 is 1.50. The van der Waals surface area contributed by atoms with Crippen molar-refractivity contribution in [2.45, 2.75) is 19.3 Å². The molecule has 0 radical (unpaired) electrons. The smallest absolute Gasteiger partial charge is 0.275 e. The minimum Gasteiger partial charge on any atom is -0.275 e. The maximum atomic E-state index is 12.0. The van der Waals surface area contributed by atoms with Crippen LogP contribution < -0.4 is 10.9 Å². The van der Waals surface area contributed by atoms with Crippen LogP contribution in [0.5, 0.6) is 0 Å². The molecular weight excluding hydrogens is 276 g/mol. The van der Waals surface area contributed by atoms with E-state index in [1.165, 1.54) is 39.1 Å². The first-order valence-electron chi connectivity index (χ1n) is 6.34. The molecule has 0 atom stereocenters. The zero-order valence-electron chi connectivity index (χ0n) is 11.0. The SMILES string of the molecule is Cn1cc(C(=O)NNC(=O)c2cc3c(s2)CCC3)cn1. The molecule has 7 heteroatoms. The number of nitrogens with one attached hydrogen (secondary N) is 2. The van der Waals surface area contributed by atoms with Gasteiger partial charge in [0, 0.05) is 18.1 Å². The van der Waals surface area contributed by atoms with Gasteiger partial charge in [-0.1, -0.05) is 0 Å². The predicted molar refractivity (Wildman–Crippen MR) is 74.5 cm³/mol. The maximum absolute atomic E-state index is 12.0. The summed E-state index contributed by atoms with van der Waals surface area (Å²) in [5.41, 5.74) is 6.49. The molecule has 104 valence electrons. The summed E-state index contributed by atoms with van der Waals surface area (Å²) in [7, 11) is 1.72. The number of amides is 2. The van der Waals surface area contributed by atoms with Crippen molar-refractivity contribution < 1.29 is 9.59 Å². The Morgan fingerprint density at radius 2 is 2.10 bits per heavy atom. The number of aryl methyl sites for hydroxylation is 3. The third kappa shape index (κ3) is 2.44. The van der Waals surface area contributed by atoms with Gasteiger partial charge < -0.3 is 0 Å². The van der Waals surface area contributed by atoms with E-state index in [4.69, 9.17) is 0 Å². The van der Waals surface area contributed by atoms with E-state index < -0.39 is 0 Å². The van der Waals surface area contributed by atoms with Crippen molar-refractivity contribution in [2.24, 2.45) is 7.05 Å². The van der Waals surface area contributed by atoms with Gasteiger partial charge >= 0.3 is 0 Å². The van der Waals surface area contributed by atoms with Gasteiger partial charge in [0.25, 0.3) is 11.8 Å². The highest BCUT2D eigenvalue weighted by atomic mass is 32.1. The first-order chi connectivity index (χ1) is 9.63. The van der Waals surface area contributed by atoms with Gasteiger partial charge in [0.15, 0.2) is 0 Å². The molecule has 1 aliphatic rings. The molecule has 0 spiro atoms. The number of rotatable bonds is 2. The zero-order chi connectivity index (χ0) is 14.1. The second-order valence-corrected chi connectivity index (χ2v) is 5.86. The van der Waals surface area contributed by atoms with Crippen LogP contribution in [-0.4, -0.2) is 21.6 Å². The molecule has 0 saturated heterocycles. The Balaban J connectivity index is 1.60. The average Bonchev–Trinajstić information content (AvgIpc) is 3.09. The molecule has 0 aliphatic heterocycles. The van der Waals surface area contributed by atoms with Gasteiger partial charge in [-0.25, -0.2) is 0 Å². The Morgan fingerprint density at radius 1 is 1.30 bits per heavy atom. The van der Waals surface area contributed by atoms with Crippen molar-refractivity contribution in [3.8, 4) is 0 Å². The van der Waals surface area contributed by atoms with Crippen molar-refractivity contribution in [3.05, 3.63) is 39.3 Å². The van der Waals surface area contributed by atoms with Gasteiger partial charge in [-0.3, -0.25) is 25.1 Å². The van der Waals surface area contributed by atoms with Crippen molar-refractivity contribution in [3.63, 3.8) is 0 Å². The van der Waals surface area contributed by atoms with Gasteiger partial charge in [-0.15, -0.1) is 11.3 Å². The van der Waals surface area contributed by atoms with Gasteiger partial charge in [0.05, 0.1) is 16.6 Å². The highest BCUT2D eigenvalue weighted by Gasteiger charge is 2.19. The fraction of sp³-hybridized carbons (Fsp3) is 0.308. The molecule has 1 aliphatic carbocycles. The number of nitrogens with zero attached hydrogens (tertiary/aromatic N) is 2. The largest absolute Gasteiger partial charge is 0.279 e. The topological polar surface area (TPSA) is 76.0 Å². The van der Waals surface area contributed by atoms with Crippen LogP contribution in [-0.2, 0) is 19.9 Å². The predicted octanol–water partition coefficient (Wildman–Crippen LogP) is 1.05. The van der Waals surface area contributed by atoms with Gasteiger partial charge in [0.1, 0.15) is 0 Å². The van der Waals surface area contributed by atoms with E-state index in [0.29, 0.717) is 10.4 Å². The van der Waals surface area contributed by atoms with E-state index in [9.17, 15) is 9.59 Å². The van der Waals surface area contributed by atoms with Crippen LogP contribution in [0.1, 0.15) is 36.9 Å². The molecule has 2 amide bonds. The lowest BCUT2D eigenvalue weighted by Crippen LogP contribution is -2.41. The minimum atomic E-state index is -0.379. The van der Waals surface area contributed by atoms with Crippen LogP contribution in [0.25, 0.3) is 0 Å². The standard InChI is InChI=1S/C13H14N4O2S/c1-17-7-9(6-14-17)12(18)15-16-13(19)11-5-8-3-2-4-10(8)20-11/h5-7H,2-4H2,1H3,(H,15,18)(H,16,19).